The number of hydrogen-bond acceptors (Lipinski definition) is 2. The Bertz CT molecular complexity index is 466. The summed E-state index contributed by atoms with van der Waals surface area (Å²) in [4.78, 5) is 2.68. The van der Waals surface area contributed by atoms with Gasteiger partial charge in [-0.05, 0) is 75.1 Å². The van der Waals surface area contributed by atoms with Crippen LogP contribution in [0.15, 0.2) is 18.2 Å². The third-order valence-corrected chi connectivity index (χ3v) is 5.19. The molecule has 3 unspecified atom stereocenters. The van der Waals surface area contributed by atoms with E-state index in [1.807, 2.05) is 0 Å². The number of nitrogens with zero attached hydrogens (tertiary/aromatic N) is 1. The molecule has 3 rings (SSSR count). The fraction of sp³-hybridized carbons (Fsp3) is 0.667. The second-order valence-electron chi connectivity index (χ2n) is 6.89. The molecule has 1 saturated heterocycles. The van der Waals surface area contributed by atoms with Crippen molar-refractivity contribution in [3.8, 4) is 0 Å². The zero-order valence-corrected chi connectivity index (χ0v) is 12.9. The molecule has 2 nitrogen and oxygen atoms in total. The van der Waals surface area contributed by atoms with Crippen LogP contribution in [-0.2, 0) is 6.42 Å². The number of fused-ring (bicyclic) bond motifs is 1. The zero-order valence-electron chi connectivity index (χ0n) is 12.9. The Balaban J connectivity index is 1.81. The van der Waals surface area contributed by atoms with E-state index in [1.165, 1.54) is 55.5 Å². The molecular formula is C18H28N2. The summed E-state index contributed by atoms with van der Waals surface area (Å²) in [7, 11) is 0. The monoisotopic (exact) mass is 272 g/mol. The summed E-state index contributed by atoms with van der Waals surface area (Å²) >= 11 is 0. The van der Waals surface area contributed by atoms with E-state index in [9.17, 15) is 0 Å². The summed E-state index contributed by atoms with van der Waals surface area (Å²) < 4.78 is 0. The lowest BCUT2D eigenvalue weighted by Crippen LogP contribution is -2.42. The minimum absolute atomic E-state index is 0.244. The Hall–Kier alpha value is -1.02. The third kappa shape index (κ3) is 2.71. The van der Waals surface area contributed by atoms with Gasteiger partial charge in [0.25, 0.3) is 0 Å². The standard InChI is InChI=1S/C18H28N2/c1-13-11-17(9-8-16(13)12-14(2)19)20-10-4-6-15-5-3-7-18(15)20/h8-9,11,14-15,18H,3-7,10,12,19H2,1-2H3. The summed E-state index contributed by atoms with van der Waals surface area (Å²) in [5, 5.41) is 0. The van der Waals surface area contributed by atoms with Crippen LogP contribution in [0.4, 0.5) is 5.69 Å². The maximum atomic E-state index is 5.93. The molecule has 1 saturated carbocycles. The number of hydrogen-bond donors (Lipinski definition) is 1. The molecule has 0 spiro atoms. The van der Waals surface area contributed by atoms with Crippen LogP contribution in [0, 0.1) is 12.8 Å². The van der Waals surface area contributed by atoms with Crippen molar-refractivity contribution in [2.75, 3.05) is 11.4 Å². The summed E-state index contributed by atoms with van der Waals surface area (Å²) in [6, 6.07) is 8.06. The van der Waals surface area contributed by atoms with Crippen molar-refractivity contribution < 1.29 is 0 Å². The lowest BCUT2D eigenvalue weighted by molar-refractivity contribution is 0.362. The van der Waals surface area contributed by atoms with Gasteiger partial charge in [0.05, 0.1) is 0 Å². The molecule has 3 atom stereocenters. The van der Waals surface area contributed by atoms with Gasteiger partial charge in [0.2, 0.25) is 0 Å². The molecule has 1 aliphatic heterocycles. The van der Waals surface area contributed by atoms with E-state index in [0.717, 1.165) is 18.4 Å². The van der Waals surface area contributed by atoms with Crippen molar-refractivity contribution in [3.63, 3.8) is 0 Å². The maximum absolute atomic E-state index is 5.93. The second kappa shape index (κ2) is 5.77. The van der Waals surface area contributed by atoms with Crippen molar-refractivity contribution in [2.45, 2.75) is 64.5 Å². The first-order chi connectivity index (χ1) is 9.65. The van der Waals surface area contributed by atoms with Gasteiger partial charge >= 0.3 is 0 Å². The van der Waals surface area contributed by atoms with Crippen molar-refractivity contribution >= 4 is 5.69 Å². The Morgan fingerprint density at radius 2 is 2.05 bits per heavy atom. The highest BCUT2D eigenvalue weighted by molar-refractivity contribution is 5.52. The average molecular weight is 272 g/mol. The van der Waals surface area contributed by atoms with Gasteiger partial charge in [-0.1, -0.05) is 12.5 Å². The molecule has 0 bridgehead atoms. The normalized spacial score (nSPS) is 27.4. The maximum Gasteiger partial charge on any atom is 0.0371 e. The largest absolute Gasteiger partial charge is 0.368 e. The van der Waals surface area contributed by atoms with Crippen molar-refractivity contribution in [2.24, 2.45) is 11.7 Å². The van der Waals surface area contributed by atoms with Gasteiger partial charge in [-0.3, -0.25) is 0 Å². The highest BCUT2D eigenvalue weighted by Crippen LogP contribution is 2.39. The molecule has 2 aliphatic rings. The number of rotatable bonds is 3. The lowest BCUT2D eigenvalue weighted by Gasteiger charge is -2.39. The summed E-state index contributed by atoms with van der Waals surface area (Å²) in [5.41, 5.74) is 10.2. The first kappa shape index (κ1) is 13.9. The molecule has 2 heteroatoms. The lowest BCUT2D eigenvalue weighted by atomic mass is 9.91. The van der Waals surface area contributed by atoms with Crippen LogP contribution in [0.5, 0.6) is 0 Å². The van der Waals surface area contributed by atoms with E-state index in [0.29, 0.717) is 0 Å². The highest BCUT2D eigenvalue weighted by atomic mass is 15.2. The Morgan fingerprint density at radius 3 is 2.80 bits per heavy atom. The average Bonchev–Trinajstić information content (AvgIpc) is 2.88. The molecule has 1 aromatic rings. The highest BCUT2D eigenvalue weighted by Gasteiger charge is 2.34. The van der Waals surface area contributed by atoms with Gasteiger partial charge in [0, 0.05) is 24.3 Å². The second-order valence-corrected chi connectivity index (χ2v) is 6.89. The van der Waals surface area contributed by atoms with Crippen LogP contribution in [0.25, 0.3) is 0 Å². The third-order valence-electron chi connectivity index (χ3n) is 5.19. The summed E-state index contributed by atoms with van der Waals surface area (Å²) in [6.45, 7) is 5.56. The molecule has 0 aromatic heterocycles. The first-order valence-electron chi connectivity index (χ1n) is 8.27. The van der Waals surface area contributed by atoms with Gasteiger partial charge in [-0.15, -0.1) is 0 Å². The topological polar surface area (TPSA) is 29.3 Å². The SMILES string of the molecule is Cc1cc(N2CCCC3CCCC32)ccc1CC(C)N. The van der Waals surface area contributed by atoms with Crippen molar-refractivity contribution in [1.29, 1.82) is 0 Å². The summed E-state index contributed by atoms with van der Waals surface area (Å²) in [6.07, 6.45) is 8.06. The van der Waals surface area contributed by atoms with Crippen LogP contribution in [0.3, 0.4) is 0 Å². The molecule has 1 aromatic carbocycles. The number of nitrogens with two attached hydrogens (primary N) is 1. The van der Waals surface area contributed by atoms with Gasteiger partial charge in [-0.25, -0.2) is 0 Å². The molecule has 110 valence electrons. The minimum Gasteiger partial charge on any atom is -0.368 e. The molecule has 20 heavy (non-hydrogen) atoms. The quantitative estimate of drug-likeness (QED) is 0.910. The number of piperidine rings is 1. The first-order valence-corrected chi connectivity index (χ1v) is 8.27. The van der Waals surface area contributed by atoms with E-state index in [2.05, 4.69) is 36.9 Å². The Morgan fingerprint density at radius 1 is 1.25 bits per heavy atom. The van der Waals surface area contributed by atoms with E-state index < -0.39 is 0 Å². The van der Waals surface area contributed by atoms with Crippen molar-refractivity contribution in [3.05, 3.63) is 29.3 Å². The molecule has 1 heterocycles. The number of anilines is 1. The van der Waals surface area contributed by atoms with Crippen molar-refractivity contribution in [1.82, 2.24) is 0 Å². The van der Waals surface area contributed by atoms with Crippen LogP contribution >= 0.6 is 0 Å². The van der Waals surface area contributed by atoms with E-state index in [-0.39, 0.29) is 6.04 Å². The van der Waals surface area contributed by atoms with Crippen LogP contribution in [0.2, 0.25) is 0 Å². The van der Waals surface area contributed by atoms with E-state index >= 15 is 0 Å². The van der Waals surface area contributed by atoms with E-state index in [1.54, 1.807) is 0 Å². The van der Waals surface area contributed by atoms with Crippen LogP contribution in [0.1, 0.15) is 50.2 Å². The van der Waals surface area contributed by atoms with E-state index in [4.69, 9.17) is 5.73 Å². The predicted octanol–water partition coefficient (Wildman–Crippen LogP) is 3.65. The summed E-state index contributed by atoms with van der Waals surface area (Å²) in [5.74, 6) is 0.952. The predicted molar refractivity (Wildman–Crippen MR) is 86.2 cm³/mol. The zero-order chi connectivity index (χ0) is 14.1. The van der Waals surface area contributed by atoms with Gasteiger partial charge < -0.3 is 10.6 Å². The van der Waals surface area contributed by atoms with Gasteiger partial charge in [0.1, 0.15) is 0 Å². The molecule has 2 fully saturated rings. The fourth-order valence-electron chi connectivity index (χ4n) is 4.21. The smallest absolute Gasteiger partial charge is 0.0371 e. The number of benzene rings is 1. The molecule has 0 amide bonds. The van der Waals surface area contributed by atoms with Crippen LogP contribution < -0.4 is 10.6 Å². The fourth-order valence-corrected chi connectivity index (χ4v) is 4.21. The Kier molecular flexibility index (Phi) is 4.02. The van der Waals surface area contributed by atoms with Gasteiger partial charge in [-0.2, -0.15) is 0 Å². The molecule has 1 aliphatic carbocycles. The molecular weight excluding hydrogens is 244 g/mol. The Labute approximate surface area is 123 Å². The molecule has 0 radical (unpaired) electrons. The number of aryl methyl sites for hydroxylation is 1. The molecule has 2 N–H and O–H groups in total. The van der Waals surface area contributed by atoms with Crippen LogP contribution in [-0.4, -0.2) is 18.6 Å². The van der Waals surface area contributed by atoms with Gasteiger partial charge in [0.15, 0.2) is 0 Å². The minimum atomic E-state index is 0.244.